The first-order chi connectivity index (χ1) is 15.7. The van der Waals surface area contributed by atoms with Crippen LogP contribution in [0.4, 0.5) is 5.82 Å². The van der Waals surface area contributed by atoms with Crippen molar-refractivity contribution in [3.8, 4) is 22.8 Å². The lowest BCUT2D eigenvalue weighted by molar-refractivity contribution is 0.195. The van der Waals surface area contributed by atoms with Gasteiger partial charge in [-0.25, -0.2) is 4.98 Å². The SMILES string of the molecule is CCN1CCN(c2nc(-c3cc(OCCO)cc(OCCO)c3)cc3ccccc23)CC1. The molecular weight excluding hydrogens is 406 g/mol. The van der Waals surface area contributed by atoms with Gasteiger partial charge in [0.25, 0.3) is 0 Å². The molecule has 170 valence electrons. The lowest BCUT2D eigenvalue weighted by Gasteiger charge is -2.35. The Kier molecular flexibility index (Phi) is 7.42. The van der Waals surface area contributed by atoms with Gasteiger partial charge >= 0.3 is 0 Å². The van der Waals surface area contributed by atoms with E-state index in [9.17, 15) is 0 Å². The van der Waals surface area contributed by atoms with Crippen LogP contribution in [0.1, 0.15) is 6.92 Å². The van der Waals surface area contributed by atoms with Crippen LogP contribution >= 0.6 is 0 Å². The fourth-order valence-corrected chi connectivity index (χ4v) is 4.06. The highest BCUT2D eigenvalue weighted by Gasteiger charge is 2.20. The number of nitrogens with zero attached hydrogens (tertiary/aromatic N) is 3. The van der Waals surface area contributed by atoms with Gasteiger partial charge in [0.1, 0.15) is 30.5 Å². The highest BCUT2D eigenvalue weighted by Crippen LogP contribution is 2.34. The molecule has 0 unspecified atom stereocenters. The number of rotatable bonds is 9. The summed E-state index contributed by atoms with van der Waals surface area (Å²) in [6.45, 7) is 7.46. The summed E-state index contributed by atoms with van der Waals surface area (Å²) in [5.41, 5.74) is 1.70. The molecule has 4 rings (SSSR count). The topological polar surface area (TPSA) is 78.3 Å². The van der Waals surface area contributed by atoms with Gasteiger partial charge < -0.3 is 29.5 Å². The normalized spacial score (nSPS) is 14.7. The summed E-state index contributed by atoms with van der Waals surface area (Å²) in [6, 6.07) is 16.0. The van der Waals surface area contributed by atoms with Gasteiger partial charge in [0.2, 0.25) is 0 Å². The molecule has 3 aromatic rings. The van der Waals surface area contributed by atoms with Gasteiger partial charge in [-0.05, 0) is 30.1 Å². The Labute approximate surface area is 188 Å². The van der Waals surface area contributed by atoms with Crippen LogP contribution in [0.3, 0.4) is 0 Å². The Hall–Kier alpha value is -2.87. The minimum Gasteiger partial charge on any atom is -0.491 e. The maximum Gasteiger partial charge on any atom is 0.137 e. The van der Waals surface area contributed by atoms with Crippen LogP contribution in [-0.4, -0.2) is 79.2 Å². The predicted octanol–water partition coefficient (Wildman–Crippen LogP) is 2.79. The zero-order chi connectivity index (χ0) is 22.3. The van der Waals surface area contributed by atoms with Gasteiger partial charge in [0.15, 0.2) is 0 Å². The van der Waals surface area contributed by atoms with E-state index in [-0.39, 0.29) is 26.4 Å². The number of pyridine rings is 1. The molecule has 1 aromatic heterocycles. The van der Waals surface area contributed by atoms with Crippen molar-refractivity contribution < 1.29 is 19.7 Å². The lowest BCUT2D eigenvalue weighted by atomic mass is 10.1. The summed E-state index contributed by atoms with van der Waals surface area (Å²) >= 11 is 0. The number of aromatic nitrogens is 1. The third-order valence-corrected chi connectivity index (χ3v) is 5.74. The summed E-state index contributed by atoms with van der Waals surface area (Å²) in [6.07, 6.45) is 0. The molecule has 0 spiro atoms. The van der Waals surface area contributed by atoms with Crippen molar-refractivity contribution in [3.63, 3.8) is 0 Å². The number of aliphatic hydroxyl groups excluding tert-OH is 2. The summed E-state index contributed by atoms with van der Waals surface area (Å²) in [5.74, 6) is 2.18. The average molecular weight is 438 g/mol. The molecule has 7 heteroatoms. The zero-order valence-electron chi connectivity index (χ0n) is 18.5. The van der Waals surface area contributed by atoms with E-state index in [2.05, 4.69) is 41.0 Å². The average Bonchev–Trinajstić information content (AvgIpc) is 2.85. The summed E-state index contributed by atoms with van der Waals surface area (Å²) < 4.78 is 11.3. The van der Waals surface area contributed by atoms with Gasteiger partial charge in [-0.2, -0.15) is 0 Å². The van der Waals surface area contributed by atoms with E-state index in [0.29, 0.717) is 11.5 Å². The molecule has 2 N–H and O–H groups in total. The fraction of sp³-hybridized carbons (Fsp3) is 0.400. The van der Waals surface area contributed by atoms with E-state index in [1.165, 1.54) is 0 Å². The molecule has 0 bridgehead atoms. The summed E-state index contributed by atoms with van der Waals surface area (Å²) in [4.78, 5) is 9.91. The molecule has 2 heterocycles. The van der Waals surface area contributed by atoms with Crippen LogP contribution in [0.25, 0.3) is 22.0 Å². The molecule has 0 atom stereocenters. The van der Waals surface area contributed by atoms with Crippen molar-refractivity contribution in [3.05, 3.63) is 48.5 Å². The predicted molar refractivity (Wildman–Crippen MR) is 127 cm³/mol. The van der Waals surface area contributed by atoms with Gasteiger partial charge in [-0.1, -0.05) is 31.2 Å². The van der Waals surface area contributed by atoms with Crippen LogP contribution in [0.5, 0.6) is 11.5 Å². The van der Waals surface area contributed by atoms with Crippen molar-refractivity contribution >= 4 is 16.6 Å². The van der Waals surface area contributed by atoms with E-state index in [1.54, 1.807) is 6.07 Å². The molecule has 0 radical (unpaired) electrons. The van der Waals surface area contributed by atoms with Crippen molar-refractivity contribution in [1.82, 2.24) is 9.88 Å². The fourth-order valence-electron chi connectivity index (χ4n) is 4.06. The molecule has 0 amide bonds. The smallest absolute Gasteiger partial charge is 0.137 e. The van der Waals surface area contributed by atoms with Gasteiger partial charge in [0.05, 0.1) is 18.9 Å². The molecule has 1 aliphatic rings. The molecule has 32 heavy (non-hydrogen) atoms. The Morgan fingerprint density at radius 1 is 0.875 bits per heavy atom. The number of anilines is 1. The van der Waals surface area contributed by atoms with Gasteiger partial charge in [-0.15, -0.1) is 0 Å². The Bertz CT molecular complexity index is 1010. The van der Waals surface area contributed by atoms with Crippen LogP contribution in [0, 0.1) is 0 Å². The van der Waals surface area contributed by atoms with E-state index in [4.69, 9.17) is 24.7 Å². The second kappa shape index (κ2) is 10.6. The Balaban J connectivity index is 1.75. The first-order valence-corrected chi connectivity index (χ1v) is 11.2. The summed E-state index contributed by atoms with van der Waals surface area (Å²) in [5, 5.41) is 20.6. The quantitative estimate of drug-likeness (QED) is 0.533. The molecule has 1 saturated heterocycles. The highest BCUT2D eigenvalue weighted by atomic mass is 16.5. The number of likely N-dealkylation sites (N-methyl/N-ethyl adjacent to an activating group) is 1. The van der Waals surface area contributed by atoms with Crippen molar-refractivity contribution in [1.29, 1.82) is 0 Å². The number of fused-ring (bicyclic) bond motifs is 1. The molecule has 1 aliphatic heterocycles. The van der Waals surface area contributed by atoms with Crippen molar-refractivity contribution in [2.75, 3.05) is 64.1 Å². The number of benzene rings is 2. The first-order valence-electron chi connectivity index (χ1n) is 11.2. The molecular formula is C25H31N3O4. The maximum atomic E-state index is 9.15. The number of ether oxygens (including phenoxy) is 2. The largest absolute Gasteiger partial charge is 0.491 e. The minimum absolute atomic E-state index is 0.0703. The number of piperazine rings is 1. The minimum atomic E-state index is -0.0703. The zero-order valence-corrected chi connectivity index (χ0v) is 18.5. The molecule has 2 aromatic carbocycles. The molecule has 7 nitrogen and oxygen atoms in total. The molecule has 1 fully saturated rings. The molecule has 0 saturated carbocycles. The Morgan fingerprint density at radius 3 is 2.16 bits per heavy atom. The number of hydrogen-bond donors (Lipinski definition) is 2. The summed E-state index contributed by atoms with van der Waals surface area (Å²) in [7, 11) is 0. The van der Waals surface area contributed by atoms with Gasteiger partial charge in [-0.3, -0.25) is 0 Å². The third-order valence-electron chi connectivity index (χ3n) is 5.74. The van der Waals surface area contributed by atoms with E-state index >= 15 is 0 Å². The van der Waals surface area contributed by atoms with Crippen molar-refractivity contribution in [2.24, 2.45) is 0 Å². The van der Waals surface area contributed by atoms with E-state index < -0.39 is 0 Å². The van der Waals surface area contributed by atoms with E-state index in [0.717, 1.165) is 60.6 Å². The van der Waals surface area contributed by atoms with E-state index in [1.807, 2.05) is 18.2 Å². The van der Waals surface area contributed by atoms with Crippen LogP contribution in [0.2, 0.25) is 0 Å². The monoisotopic (exact) mass is 437 g/mol. The van der Waals surface area contributed by atoms with Crippen LogP contribution in [0.15, 0.2) is 48.5 Å². The highest BCUT2D eigenvalue weighted by molar-refractivity contribution is 5.95. The standard InChI is InChI=1S/C25H31N3O4/c1-2-27-7-9-28(10-8-27)25-23-6-4-3-5-19(23)17-24(26-25)20-15-21(31-13-11-29)18-22(16-20)32-14-12-30/h3-6,15-18,29-30H,2,7-14H2,1H3. The maximum absolute atomic E-state index is 9.15. The second-order valence-electron chi connectivity index (χ2n) is 7.81. The first kappa shape index (κ1) is 22.3. The number of aliphatic hydroxyl groups is 2. The Morgan fingerprint density at radius 2 is 1.53 bits per heavy atom. The molecule has 0 aliphatic carbocycles. The van der Waals surface area contributed by atoms with Crippen LogP contribution < -0.4 is 14.4 Å². The number of hydrogen-bond acceptors (Lipinski definition) is 7. The third kappa shape index (κ3) is 5.12. The van der Waals surface area contributed by atoms with Crippen molar-refractivity contribution in [2.45, 2.75) is 6.92 Å². The second-order valence-corrected chi connectivity index (χ2v) is 7.81. The lowest BCUT2D eigenvalue weighted by Crippen LogP contribution is -2.46. The van der Waals surface area contributed by atoms with Crippen LogP contribution in [-0.2, 0) is 0 Å². The van der Waals surface area contributed by atoms with Gasteiger partial charge in [0, 0.05) is 43.2 Å².